The van der Waals surface area contributed by atoms with E-state index in [1.807, 2.05) is 36.4 Å². The molecular formula is C21H28N2O3. The Hall–Kier alpha value is -2.24. The number of hydrogen-bond acceptors (Lipinski definition) is 5. The van der Waals surface area contributed by atoms with E-state index in [2.05, 4.69) is 21.9 Å². The smallest absolute Gasteiger partial charge is 0.119 e. The largest absolute Gasteiger partial charge is 0.497 e. The molecule has 0 spiro atoms. The van der Waals surface area contributed by atoms with Gasteiger partial charge < -0.3 is 19.5 Å². The number of rotatable bonds is 8. The highest BCUT2D eigenvalue weighted by atomic mass is 16.5. The van der Waals surface area contributed by atoms with Crippen molar-refractivity contribution in [3.05, 3.63) is 54.1 Å². The molecule has 1 aliphatic heterocycles. The van der Waals surface area contributed by atoms with E-state index in [0.29, 0.717) is 0 Å². The van der Waals surface area contributed by atoms with Gasteiger partial charge in [-0.05, 0) is 48.4 Å². The molecule has 3 rings (SSSR count). The summed E-state index contributed by atoms with van der Waals surface area (Å²) >= 11 is 0. The molecule has 140 valence electrons. The molecule has 5 heteroatoms. The van der Waals surface area contributed by atoms with Gasteiger partial charge in [-0.2, -0.15) is 0 Å². The average molecular weight is 356 g/mol. The zero-order valence-corrected chi connectivity index (χ0v) is 15.4. The van der Waals surface area contributed by atoms with Crippen molar-refractivity contribution in [1.82, 2.24) is 4.90 Å². The van der Waals surface area contributed by atoms with E-state index in [0.717, 1.165) is 62.8 Å². The van der Waals surface area contributed by atoms with E-state index in [-0.39, 0.29) is 6.61 Å². The number of anilines is 1. The minimum atomic E-state index is 0.0722. The van der Waals surface area contributed by atoms with Crippen LogP contribution < -0.4 is 14.4 Å². The van der Waals surface area contributed by atoms with Crippen molar-refractivity contribution in [2.75, 3.05) is 51.3 Å². The Morgan fingerprint density at radius 1 is 0.885 bits per heavy atom. The average Bonchev–Trinajstić information content (AvgIpc) is 2.72. The third-order valence-corrected chi connectivity index (χ3v) is 4.80. The molecule has 1 fully saturated rings. The third-order valence-electron chi connectivity index (χ3n) is 4.80. The van der Waals surface area contributed by atoms with E-state index < -0.39 is 0 Å². The van der Waals surface area contributed by atoms with Crippen molar-refractivity contribution >= 4 is 5.69 Å². The van der Waals surface area contributed by atoms with Crippen LogP contribution in [-0.2, 0) is 6.61 Å². The highest BCUT2D eigenvalue weighted by Gasteiger charge is 2.16. The monoisotopic (exact) mass is 356 g/mol. The number of aliphatic hydroxyl groups is 1. The maximum absolute atomic E-state index is 9.05. The Kier molecular flexibility index (Phi) is 6.75. The summed E-state index contributed by atoms with van der Waals surface area (Å²) < 4.78 is 11.0. The lowest BCUT2D eigenvalue weighted by Gasteiger charge is -2.36. The first-order valence-electron chi connectivity index (χ1n) is 9.22. The topological polar surface area (TPSA) is 45.2 Å². The summed E-state index contributed by atoms with van der Waals surface area (Å²) in [5, 5.41) is 9.05. The van der Waals surface area contributed by atoms with Gasteiger partial charge in [-0.1, -0.05) is 12.1 Å². The van der Waals surface area contributed by atoms with Crippen molar-refractivity contribution in [1.29, 1.82) is 0 Å². The summed E-state index contributed by atoms with van der Waals surface area (Å²) in [4.78, 5) is 4.92. The fraction of sp³-hybridized carbons (Fsp3) is 0.429. The number of nitrogens with zero attached hydrogens (tertiary/aromatic N) is 2. The zero-order chi connectivity index (χ0) is 18.2. The maximum atomic E-state index is 9.05. The Balaban J connectivity index is 1.34. The zero-order valence-electron chi connectivity index (χ0n) is 15.4. The molecule has 0 unspecified atom stereocenters. The van der Waals surface area contributed by atoms with E-state index in [4.69, 9.17) is 14.6 Å². The maximum Gasteiger partial charge on any atom is 0.119 e. The summed E-state index contributed by atoms with van der Waals surface area (Å²) in [7, 11) is 1.70. The van der Waals surface area contributed by atoms with Crippen LogP contribution in [0.4, 0.5) is 5.69 Å². The van der Waals surface area contributed by atoms with Gasteiger partial charge in [0.25, 0.3) is 0 Å². The second-order valence-corrected chi connectivity index (χ2v) is 6.53. The van der Waals surface area contributed by atoms with Crippen molar-refractivity contribution in [2.24, 2.45) is 0 Å². The first kappa shape index (κ1) is 18.5. The SMILES string of the molecule is COc1ccc(N2CCN(CCCOc3ccc(CO)cc3)CC2)cc1. The van der Waals surface area contributed by atoms with Crippen LogP contribution in [0.5, 0.6) is 11.5 Å². The van der Waals surface area contributed by atoms with Crippen LogP contribution >= 0.6 is 0 Å². The molecule has 1 heterocycles. The molecule has 0 atom stereocenters. The quantitative estimate of drug-likeness (QED) is 0.737. The predicted octanol–water partition coefficient (Wildman–Crippen LogP) is 2.78. The molecule has 1 N–H and O–H groups in total. The third kappa shape index (κ3) is 5.13. The lowest BCUT2D eigenvalue weighted by atomic mass is 10.2. The van der Waals surface area contributed by atoms with Gasteiger partial charge in [-0.25, -0.2) is 0 Å². The molecule has 0 aliphatic carbocycles. The summed E-state index contributed by atoms with van der Waals surface area (Å²) in [6.07, 6.45) is 1.02. The van der Waals surface area contributed by atoms with E-state index in [1.54, 1.807) is 7.11 Å². The number of ether oxygens (including phenoxy) is 2. The van der Waals surface area contributed by atoms with Crippen molar-refractivity contribution in [3.63, 3.8) is 0 Å². The first-order valence-corrected chi connectivity index (χ1v) is 9.22. The molecule has 2 aromatic rings. The number of aliphatic hydroxyl groups excluding tert-OH is 1. The number of benzene rings is 2. The standard InChI is InChI=1S/C21H28N2O3/c1-25-20-9-5-19(6-10-20)23-14-12-22(13-15-23)11-2-16-26-21-7-3-18(17-24)4-8-21/h3-10,24H,2,11-17H2,1H3. The molecule has 26 heavy (non-hydrogen) atoms. The lowest BCUT2D eigenvalue weighted by molar-refractivity contribution is 0.224. The number of piperazine rings is 1. The van der Waals surface area contributed by atoms with Gasteiger partial charge >= 0.3 is 0 Å². The highest BCUT2D eigenvalue weighted by Crippen LogP contribution is 2.20. The molecule has 0 bridgehead atoms. The molecular weight excluding hydrogens is 328 g/mol. The Morgan fingerprint density at radius 3 is 2.15 bits per heavy atom. The van der Waals surface area contributed by atoms with Crippen LogP contribution in [0.1, 0.15) is 12.0 Å². The molecule has 0 aromatic heterocycles. The van der Waals surface area contributed by atoms with Crippen LogP contribution in [0.2, 0.25) is 0 Å². The second-order valence-electron chi connectivity index (χ2n) is 6.53. The molecule has 2 aromatic carbocycles. The molecule has 0 saturated carbocycles. The Bertz CT molecular complexity index is 650. The number of hydrogen-bond donors (Lipinski definition) is 1. The molecule has 1 aliphatic rings. The van der Waals surface area contributed by atoms with Gasteiger partial charge in [-0.3, -0.25) is 4.90 Å². The number of methoxy groups -OCH3 is 1. The fourth-order valence-corrected chi connectivity index (χ4v) is 3.19. The first-order chi connectivity index (χ1) is 12.8. The normalized spacial score (nSPS) is 15.1. The van der Waals surface area contributed by atoms with Gasteiger partial charge in [0.2, 0.25) is 0 Å². The van der Waals surface area contributed by atoms with Crippen LogP contribution in [0.3, 0.4) is 0 Å². The van der Waals surface area contributed by atoms with Crippen molar-refractivity contribution < 1.29 is 14.6 Å². The highest BCUT2D eigenvalue weighted by molar-refractivity contribution is 5.49. The fourth-order valence-electron chi connectivity index (χ4n) is 3.19. The molecule has 1 saturated heterocycles. The van der Waals surface area contributed by atoms with Gasteiger partial charge in [0.05, 0.1) is 20.3 Å². The molecule has 5 nitrogen and oxygen atoms in total. The van der Waals surface area contributed by atoms with Gasteiger partial charge in [0.1, 0.15) is 11.5 Å². The minimum absolute atomic E-state index is 0.0722. The van der Waals surface area contributed by atoms with Crippen LogP contribution in [0, 0.1) is 0 Å². The summed E-state index contributed by atoms with van der Waals surface area (Å²) in [5.74, 6) is 1.77. The molecule has 0 radical (unpaired) electrons. The van der Waals surface area contributed by atoms with Crippen LogP contribution in [-0.4, -0.2) is 56.4 Å². The Labute approximate surface area is 155 Å². The second kappa shape index (κ2) is 9.46. The van der Waals surface area contributed by atoms with Gasteiger partial charge in [-0.15, -0.1) is 0 Å². The van der Waals surface area contributed by atoms with Gasteiger partial charge in [0.15, 0.2) is 0 Å². The van der Waals surface area contributed by atoms with E-state index in [1.165, 1.54) is 5.69 Å². The Morgan fingerprint density at radius 2 is 1.54 bits per heavy atom. The van der Waals surface area contributed by atoms with Crippen molar-refractivity contribution in [2.45, 2.75) is 13.0 Å². The van der Waals surface area contributed by atoms with Crippen molar-refractivity contribution in [3.8, 4) is 11.5 Å². The summed E-state index contributed by atoms with van der Waals surface area (Å²) in [5.41, 5.74) is 2.17. The summed E-state index contributed by atoms with van der Waals surface area (Å²) in [6.45, 7) is 6.12. The van der Waals surface area contributed by atoms with Crippen LogP contribution in [0.15, 0.2) is 48.5 Å². The van der Waals surface area contributed by atoms with E-state index >= 15 is 0 Å². The minimum Gasteiger partial charge on any atom is -0.497 e. The molecule has 0 amide bonds. The lowest BCUT2D eigenvalue weighted by Crippen LogP contribution is -2.46. The van der Waals surface area contributed by atoms with E-state index in [9.17, 15) is 0 Å². The summed E-state index contributed by atoms with van der Waals surface area (Å²) in [6, 6.07) is 15.9. The van der Waals surface area contributed by atoms with Gasteiger partial charge in [0, 0.05) is 38.4 Å². The predicted molar refractivity (Wildman–Crippen MR) is 104 cm³/mol. The van der Waals surface area contributed by atoms with Crippen LogP contribution in [0.25, 0.3) is 0 Å².